The molecule has 0 aliphatic carbocycles. The van der Waals surface area contributed by atoms with E-state index < -0.39 is 0 Å². The van der Waals surface area contributed by atoms with Crippen LogP contribution in [0.4, 0.5) is 17.2 Å². The van der Waals surface area contributed by atoms with Gasteiger partial charge < -0.3 is 20.1 Å². The number of amides is 1. The highest BCUT2D eigenvalue weighted by Gasteiger charge is 2.21. The van der Waals surface area contributed by atoms with Gasteiger partial charge in [0.15, 0.2) is 0 Å². The fraction of sp³-hybridized carbons (Fsp3) is 0.333. The average molecular weight is 327 g/mol. The lowest BCUT2D eigenvalue weighted by Gasteiger charge is -2.21. The molecule has 6 nitrogen and oxygen atoms in total. The van der Waals surface area contributed by atoms with E-state index in [0.29, 0.717) is 19.0 Å². The van der Waals surface area contributed by atoms with E-state index in [1.54, 1.807) is 19.4 Å². The third-order valence-electron chi connectivity index (χ3n) is 3.99. The number of para-hydroxylation sites is 2. The fourth-order valence-corrected chi connectivity index (χ4v) is 2.63. The summed E-state index contributed by atoms with van der Waals surface area (Å²) >= 11 is 0. The summed E-state index contributed by atoms with van der Waals surface area (Å²) in [5.74, 6) is 1.33. The molecular formula is C18H21N3O3. The van der Waals surface area contributed by atoms with Gasteiger partial charge in [-0.25, -0.2) is 4.98 Å². The van der Waals surface area contributed by atoms with Gasteiger partial charge in [-0.15, -0.1) is 0 Å². The molecule has 3 rings (SSSR count). The summed E-state index contributed by atoms with van der Waals surface area (Å²) in [6.45, 7) is 1.29. The quantitative estimate of drug-likeness (QED) is 0.882. The van der Waals surface area contributed by atoms with Crippen molar-refractivity contribution >= 4 is 23.1 Å². The zero-order chi connectivity index (χ0) is 16.8. The minimum atomic E-state index is 0.00642. The Morgan fingerprint density at radius 2 is 2.00 bits per heavy atom. The number of ether oxygens (including phenoxy) is 2. The molecule has 2 heterocycles. The first-order valence-electron chi connectivity index (χ1n) is 8.01. The molecule has 0 saturated carbocycles. The monoisotopic (exact) mass is 327 g/mol. The first-order valence-corrected chi connectivity index (χ1v) is 8.01. The van der Waals surface area contributed by atoms with Gasteiger partial charge in [0.1, 0.15) is 11.6 Å². The van der Waals surface area contributed by atoms with E-state index in [9.17, 15) is 4.79 Å². The molecule has 0 atom stereocenters. The van der Waals surface area contributed by atoms with E-state index in [4.69, 9.17) is 9.47 Å². The maximum atomic E-state index is 12.2. The molecule has 2 N–H and O–H groups in total. The molecule has 1 saturated heterocycles. The second kappa shape index (κ2) is 7.79. The molecular weight excluding hydrogens is 306 g/mol. The smallest absolute Gasteiger partial charge is 0.228 e. The molecule has 2 aromatic rings. The summed E-state index contributed by atoms with van der Waals surface area (Å²) in [5, 5.41) is 6.12. The maximum absolute atomic E-state index is 12.2. The highest BCUT2D eigenvalue weighted by atomic mass is 16.5. The summed E-state index contributed by atoms with van der Waals surface area (Å²) in [6, 6.07) is 11.3. The number of pyridine rings is 1. The SMILES string of the molecule is COc1ccccc1Nc1ccc(NC(=O)C2CCOCC2)nc1. The number of aromatic nitrogens is 1. The number of benzene rings is 1. The van der Waals surface area contributed by atoms with Gasteiger partial charge in [0, 0.05) is 19.1 Å². The van der Waals surface area contributed by atoms with Gasteiger partial charge in [0.25, 0.3) is 0 Å². The van der Waals surface area contributed by atoms with Crippen LogP contribution in [0.15, 0.2) is 42.6 Å². The Morgan fingerprint density at radius 1 is 1.21 bits per heavy atom. The van der Waals surface area contributed by atoms with Crippen molar-refractivity contribution in [2.24, 2.45) is 5.92 Å². The highest BCUT2D eigenvalue weighted by Crippen LogP contribution is 2.27. The van der Waals surface area contributed by atoms with Crippen LogP contribution in [-0.4, -0.2) is 31.2 Å². The topological polar surface area (TPSA) is 72.5 Å². The number of nitrogens with zero attached hydrogens (tertiary/aromatic N) is 1. The molecule has 1 aromatic heterocycles. The molecule has 0 unspecified atom stereocenters. The van der Waals surface area contributed by atoms with Crippen LogP contribution in [0.5, 0.6) is 5.75 Å². The van der Waals surface area contributed by atoms with Crippen LogP contribution in [0, 0.1) is 5.92 Å². The minimum Gasteiger partial charge on any atom is -0.495 e. The van der Waals surface area contributed by atoms with Crippen LogP contribution < -0.4 is 15.4 Å². The molecule has 1 aliphatic heterocycles. The second-order valence-electron chi connectivity index (χ2n) is 5.63. The molecule has 1 aliphatic rings. The number of methoxy groups -OCH3 is 1. The summed E-state index contributed by atoms with van der Waals surface area (Å²) in [5.41, 5.74) is 1.68. The first kappa shape index (κ1) is 16.3. The lowest BCUT2D eigenvalue weighted by atomic mass is 9.99. The lowest BCUT2D eigenvalue weighted by Crippen LogP contribution is -2.28. The van der Waals surface area contributed by atoms with Crippen LogP contribution in [0.2, 0.25) is 0 Å². The van der Waals surface area contributed by atoms with E-state index in [1.165, 1.54) is 0 Å². The summed E-state index contributed by atoms with van der Waals surface area (Å²) in [6.07, 6.45) is 3.21. The molecule has 0 radical (unpaired) electrons. The van der Waals surface area contributed by atoms with Gasteiger partial charge in [-0.05, 0) is 37.1 Å². The van der Waals surface area contributed by atoms with E-state index in [-0.39, 0.29) is 11.8 Å². The van der Waals surface area contributed by atoms with Crippen molar-refractivity contribution in [1.82, 2.24) is 4.98 Å². The Bertz CT molecular complexity index is 682. The third kappa shape index (κ3) is 4.02. The molecule has 126 valence electrons. The second-order valence-corrected chi connectivity index (χ2v) is 5.63. The number of rotatable bonds is 5. The molecule has 1 fully saturated rings. The zero-order valence-electron chi connectivity index (χ0n) is 13.6. The Morgan fingerprint density at radius 3 is 2.71 bits per heavy atom. The summed E-state index contributed by atoms with van der Waals surface area (Å²) in [7, 11) is 1.63. The third-order valence-corrected chi connectivity index (χ3v) is 3.99. The first-order chi connectivity index (χ1) is 11.8. The van der Waals surface area contributed by atoms with Crippen LogP contribution in [0.25, 0.3) is 0 Å². The van der Waals surface area contributed by atoms with Crippen molar-refractivity contribution in [2.75, 3.05) is 31.0 Å². The van der Waals surface area contributed by atoms with Gasteiger partial charge in [-0.2, -0.15) is 0 Å². The standard InChI is InChI=1S/C18H21N3O3/c1-23-16-5-3-2-4-15(16)20-14-6-7-17(19-12-14)21-18(22)13-8-10-24-11-9-13/h2-7,12-13,20H,8-11H2,1H3,(H,19,21,22). The Hall–Kier alpha value is -2.60. The number of hydrogen-bond donors (Lipinski definition) is 2. The predicted octanol–water partition coefficient (Wildman–Crippen LogP) is 3.20. The van der Waals surface area contributed by atoms with Crippen molar-refractivity contribution in [3.8, 4) is 5.75 Å². The molecule has 1 amide bonds. The molecule has 0 spiro atoms. The van der Waals surface area contributed by atoms with E-state index >= 15 is 0 Å². The number of carbonyl (C=O) groups is 1. The molecule has 24 heavy (non-hydrogen) atoms. The van der Waals surface area contributed by atoms with Crippen molar-refractivity contribution < 1.29 is 14.3 Å². The number of hydrogen-bond acceptors (Lipinski definition) is 5. The van der Waals surface area contributed by atoms with Crippen molar-refractivity contribution in [3.63, 3.8) is 0 Å². The zero-order valence-corrected chi connectivity index (χ0v) is 13.6. The number of carbonyl (C=O) groups excluding carboxylic acids is 1. The molecule has 1 aromatic carbocycles. The molecule has 0 bridgehead atoms. The lowest BCUT2D eigenvalue weighted by molar-refractivity contribution is -0.122. The van der Waals surface area contributed by atoms with Crippen molar-refractivity contribution in [1.29, 1.82) is 0 Å². The van der Waals surface area contributed by atoms with Gasteiger partial charge in [-0.1, -0.05) is 12.1 Å². The number of anilines is 3. The highest BCUT2D eigenvalue weighted by molar-refractivity contribution is 5.91. The Balaban J connectivity index is 1.61. The Labute approximate surface area is 141 Å². The van der Waals surface area contributed by atoms with Crippen LogP contribution >= 0.6 is 0 Å². The van der Waals surface area contributed by atoms with Crippen LogP contribution in [-0.2, 0) is 9.53 Å². The Kier molecular flexibility index (Phi) is 5.28. The van der Waals surface area contributed by atoms with E-state index in [0.717, 1.165) is 30.0 Å². The largest absolute Gasteiger partial charge is 0.495 e. The molecule has 6 heteroatoms. The van der Waals surface area contributed by atoms with Gasteiger partial charge in [0.05, 0.1) is 24.7 Å². The van der Waals surface area contributed by atoms with Crippen molar-refractivity contribution in [3.05, 3.63) is 42.6 Å². The summed E-state index contributed by atoms with van der Waals surface area (Å²) in [4.78, 5) is 16.5. The van der Waals surface area contributed by atoms with E-state index in [2.05, 4.69) is 15.6 Å². The van der Waals surface area contributed by atoms with Gasteiger partial charge >= 0.3 is 0 Å². The van der Waals surface area contributed by atoms with Crippen LogP contribution in [0.3, 0.4) is 0 Å². The van der Waals surface area contributed by atoms with Gasteiger partial charge in [-0.3, -0.25) is 4.79 Å². The number of nitrogens with one attached hydrogen (secondary N) is 2. The fourth-order valence-electron chi connectivity index (χ4n) is 2.63. The maximum Gasteiger partial charge on any atom is 0.228 e. The van der Waals surface area contributed by atoms with Gasteiger partial charge in [0.2, 0.25) is 5.91 Å². The van der Waals surface area contributed by atoms with Crippen molar-refractivity contribution in [2.45, 2.75) is 12.8 Å². The predicted molar refractivity (Wildman–Crippen MR) is 92.7 cm³/mol. The van der Waals surface area contributed by atoms with Crippen LogP contribution in [0.1, 0.15) is 12.8 Å². The minimum absolute atomic E-state index is 0.00642. The summed E-state index contributed by atoms with van der Waals surface area (Å²) < 4.78 is 10.6. The normalized spacial score (nSPS) is 14.9. The van der Waals surface area contributed by atoms with E-state index in [1.807, 2.05) is 30.3 Å². The average Bonchev–Trinajstić information content (AvgIpc) is 2.64.